The maximum Gasteiger partial charge on any atom is 0.430 e. The van der Waals surface area contributed by atoms with Crippen LogP contribution in [0, 0.1) is 12.7 Å². The molecule has 8 heteroatoms. The molecule has 26 heavy (non-hydrogen) atoms. The zero-order chi connectivity index (χ0) is 19.1. The van der Waals surface area contributed by atoms with Gasteiger partial charge in [-0.1, -0.05) is 12.1 Å². The highest BCUT2D eigenvalue weighted by Crippen LogP contribution is 2.42. The Balaban J connectivity index is 2.04. The molecule has 0 saturated heterocycles. The number of carboxylic acids is 1. The standard InChI is InChI=1S/C18H12F4O4/c1-9-13(25-14-5-3-2-4-12(14)19)7-6-10-8-11(17(23)24)16(18(20,21)22)26-15(9)10/h2-8,16H,1H3,(H,23,24). The molecule has 136 valence electrons. The fourth-order valence-electron chi connectivity index (χ4n) is 2.56. The van der Waals surface area contributed by atoms with E-state index < -0.39 is 29.6 Å². The molecule has 1 aliphatic rings. The molecule has 0 bridgehead atoms. The number of halogens is 4. The first-order valence-corrected chi connectivity index (χ1v) is 7.42. The van der Waals surface area contributed by atoms with E-state index in [9.17, 15) is 22.4 Å². The van der Waals surface area contributed by atoms with Gasteiger partial charge in [0.05, 0.1) is 5.57 Å². The van der Waals surface area contributed by atoms with Crippen LogP contribution in [0.2, 0.25) is 0 Å². The van der Waals surface area contributed by atoms with Crippen LogP contribution < -0.4 is 9.47 Å². The van der Waals surface area contributed by atoms with Gasteiger partial charge in [0, 0.05) is 11.1 Å². The first-order chi connectivity index (χ1) is 12.2. The molecule has 2 aromatic rings. The number of para-hydroxylation sites is 1. The van der Waals surface area contributed by atoms with E-state index in [-0.39, 0.29) is 28.4 Å². The number of fused-ring (bicyclic) bond motifs is 1. The van der Waals surface area contributed by atoms with Crippen LogP contribution in [-0.4, -0.2) is 23.4 Å². The molecule has 0 aliphatic carbocycles. The van der Waals surface area contributed by atoms with Crippen LogP contribution in [0.3, 0.4) is 0 Å². The summed E-state index contributed by atoms with van der Waals surface area (Å²) in [6.07, 6.45) is -6.59. The van der Waals surface area contributed by atoms with Gasteiger partial charge in [-0.2, -0.15) is 13.2 Å². The normalized spacial score (nSPS) is 16.3. The average molecular weight is 368 g/mol. The number of hydrogen-bond donors (Lipinski definition) is 1. The number of ether oxygens (including phenoxy) is 2. The number of carboxylic acid groups (broad SMARTS) is 1. The highest BCUT2D eigenvalue weighted by atomic mass is 19.4. The van der Waals surface area contributed by atoms with E-state index in [1.54, 1.807) is 6.07 Å². The van der Waals surface area contributed by atoms with Gasteiger partial charge >= 0.3 is 12.1 Å². The summed E-state index contributed by atoms with van der Waals surface area (Å²) in [5, 5.41) is 9.03. The Labute approximate surface area is 145 Å². The summed E-state index contributed by atoms with van der Waals surface area (Å²) in [5.41, 5.74) is -0.547. The van der Waals surface area contributed by atoms with Crippen molar-refractivity contribution in [1.82, 2.24) is 0 Å². The van der Waals surface area contributed by atoms with Crippen molar-refractivity contribution in [3.8, 4) is 17.2 Å². The molecule has 1 heterocycles. The first kappa shape index (κ1) is 17.8. The Kier molecular flexibility index (Phi) is 4.35. The van der Waals surface area contributed by atoms with Crippen LogP contribution in [0.5, 0.6) is 17.2 Å². The third kappa shape index (κ3) is 3.22. The van der Waals surface area contributed by atoms with Crippen molar-refractivity contribution in [2.45, 2.75) is 19.2 Å². The average Bonchev–Trinajstić information content (AvgIpc) is 2.57. The molecule has 1 N–H and O–H groups in total. The lowest BCUT2D eigenvalue weighted by Crippen LogP contribution is -2.40. The minimum absolute atomic E-state index is 0.0968. The van der Waals surface area contributed by atoms with Crippen LogP contribution in [0.1, 0.15) is 11.1 Å². The van der Waals surface area contributed by atoms with Gasteiger partial charge in [0.2, 0.25) is 6.10 Å². The third-order valence-electron chi connectivity index (χ3n) is 3.82. The minimum Gasteiger partial charge on any atom is -0.478 e. The van der Waals surface area contributed by atoms with E-state index in [1.165, 1.54) is 37.3 Å². The largest absolute Gasteiger partial charge is 0.478 e. The summed E-state index contributed by atoms with van der Waals surface area (Å²) in [4.78, 5) is 11.1. The van der Waals surface area contributed by atoms with Crippen molar-refractivity contribution in [3.05, 3.63) is 58.9 Å². The fourth-order valence-corrected chi connectivity index (χ4v) is 2.56. The lowest BCUT2D eigenvalue weighted by Gasteiger charge is -2.28. The Morgan fingerprint density at radius 2 is 1.85 bits per heavy atom. The Morgan fingerprint density at radius 3 is 2.46 bits per heavy atom. The van der Waals surface area contributed by atoms with Gasteiger partial charge < -0.3 is 14.6 Å². The highest BCUT2D eigenvalue weighted by Gasteiger charge is 2.48. The molecule has 4 nitrogen and oxygen atoms in total. The molecular formula is C18H12F4O4. The summed E-state index contributed by atoms with van der Waals surface area (Å²) < 4.78 is 63.6. The number of carbonyl (C=O) groups is 1. The van der Waals surface area contributed by atoms with E-state index in [1.807, 2.05) is 0 Å². The number of hydrogen-bond acceptors (Lipinski definition) is 3. The van der Waals surface area contributed by atoms with E-state index in [0.717, 1.165) is 6.08 Å². The maximum atomic E-state index is 13.7. The van der Waals surface area contributed by atoms with Crippen LogP contribution >= 0.6 is 0 Å². The summed E-state index contributed by atoms with van der Waals surface area (Å²) in [5.74, 6) is -2.51. The summed E-state index contributed by atoms with van der Waals surface area (Å²) in [6.45, 7) is 1.45. The molecule has 0 saturated carbocycles. The lowest BCUT2D eigenvalue weighted by atomic mass is 9.99. The van der Waals surface area contributed by atoms with Gasteiger partial charge in [0.25, 0.3) is 0 Å². The van der Waals surface area contributed by atoms with Gasteiger partial charge in [-0.05, 0) is 37.3 Å². The van der Waals surface area contributed by atoms with Crippen molar-refractivity contribution in [2.24, 2.45) is 0 Å². The Hall–Kier alpha value is -3.03. The van der Waals surface area contributed by atoms with Crippen LogP contribution in [0.25, 0.3) is 6.08 Å². The number of benzene rings is 2. The fraction of sp³-hybridized carbons (Fsp3) is 0.167. The zero-order valence-electron chi connectivity index (χ0n) is 13.3. The summed E-state index contributed by atoms with van der Waals surface area (Å²) >= 11 is 0. The van der Waals surface area contributed by atoms with Crippen LogP contribution in [0.15, 0.2) is 42.0 Å². The monoisotopic (exact) mass is 368 g/mol. The zero-order valence-corrected chi connectivity index (χ0v) is 13.3. The molecular weight excluding hydrogens is 356 g/mol. The SMILES string of the molecule is Cc1c(Oc2ccccc2F)ccc2c1OC(C(F)(F)F)C(C(=O)O)=C2. The summed E-state index contributed by atoms with van der Waals surface area (Å²) in [6, 6.07) is 8.33. The molecule has 1 aliphatic heterocycles. The smallest absolute Gasteiger partial charge is 0.430 e. The first-order valence-electron chi connectivity index (χ1n) is 7.42. The van der Waals surface area contributed by atoms with Gasteiger partial charge in [0.1, 0.15) is 11.5 Å². The second-order valence-corrected chi connectivity index (χ2v) is 5.58. The van der Waals surface area contributed by atoms with Crippen molar-refractivity contribution in [3.63, 3.8) is 0 Å². The van der Waals surface area contributed by atoms with E-state index in [4.69, 9.17) is 14.6 Å². The van der Waals surface area contributed by atoms with Crippen LogP contribution in [-0.2, 0) is 4.79 Å². The lowest BCUT2D eigenvalue weighted by molar-refractivity contribution is -0.187. The Morgan fingerprint density at radius 1 is 1.15 bits per heavy atom. The predicted molar refractivity (Wildman–Crippen MR) is 83.7 cm³/mol. The molecule has 1 unspecified atom stereocenters. The minimum atomic E-state index is -4.91. The molecule has 3 rings (SSSR count). The van der Waals surface area contributed by atoms with E-state index in [0.29, 0.717) is 0 Å². The van der Waals surface area contributed by atoms with Crippen molar-refractivity contribution in [2.75, 3.05) is 0 Å². The molecule has 2 aromatic carbocycles. The van der Waals surface area contributed by atoms with Crippen molar-refractivity contribution in [1.29, 1.82) is 0 Å². The second kappa shape index (κ2) is 6.36. The molecule has 0 spiro atoms. The molecule has 0 aromatic heterocycles. The molecule has 0 radical (unpaired) electrons. The topological polar surface area (TPSA) is 55.8 Å². The number of aliphatic carboxylic acids is 1. The maximum absolute atomic E-state index is 13.7. The van der Waals surface area contributed by atoms with Gasteiger partial charge in [-0.3, -0.25) is 0 Å². The van der Waals surface area contributed by atoms with Gasteiger partial charge in [0.15, 0.2) is 11.6 Å². The highest BCUT2D eigenvalue weighted by molar-refractivity contribution is 5.95. The van der Waals surface area contributed by atoms with E-state index >= 15 is 0 Å². The van der Waals surface area contributed by atoms with Gasteiger partial charge in [-0.25, -0.2) is 9.18 Å². The Bertz CT molecular complexity index is 903. The molecule has 0 amide bonds. The van der Waals surface area contributed by atoms with Crippen molar-refractivity contribution < 1.29 is 36.9 Å². The number of alkyl halides is 3. The number of rotatable bonds is 3. The van der Waals surface area contributed by atoms with Gasteiger partial charge in [-0.15, -0.1) is 0 Å². The molecule has 0 fully saturated rings. The second-order valence-electron chi connectivity index (χ2n) is 5.58. The quantitative estimate of drug-likeness (QED) is 0.797. The molecule has 1 atom stereocenters. The predicted octanol–water partition coefficient (Wildman–Crippen LogP) is 4.72. The van der Waals surface area contributed by atoms with Crippen LogP contribution in [0.4, 0.5) is 17.6 Å². The summed E-state index contributed by atoms with van der Waals surface area (Å²) in [7, 11) is 0. The third-order valence-corrected chi connectivity index (χ3v) is 3.82. The van der Waals surface area contributed by atoms with E-state index in [2.05, 4.69) is 0 Å². The van der Waals surface area contributed by atoms with Crippen molar-refractivity contribution >= 4 is 12.0 Å².